The molecule has 1 aliphatic heterocycles. The highest BCUT2D eigenvalue weighted by Gasteiger charge is 2.28. The normalized spacial score (nSPS) is 17.2. The molecule has 2 heterocycles. The SMILES string of the molecule is O=C(Cc1ccc(Cl)cc1)C1NCCc2c1[nH]c1ccccc21. The second-order valence-corrected chi connectivity index (χ2v) is 6.41. The molecule has 2 N–H and O–H groups in total. The number of rotatable bonds is 3. The Morgan fingerprint density at radius 3 is 2.74 bits per heavy atom. The maximum Gasteiger partial charge on any atom is 0.160 e. The molecule has 1 aromatic heterocycles. The number of H-pyrrole nitrogens is 1. The standard InChI is InChI=1S/C19H17ClN2O/c20-13-7-5-12(6-8-13)11-17(23)19-18-15(9-10-21-19)14-3-1-2-4-16(14)22-18/h1-8,19,21-22H,9-11H2. The first-order chi connectivity index (χ1) is 11.2. The summed E-state index contributed by atoms with van der Waals surface area (Å²) < 4.78 is 0. The minimum atomic E-state index is -0.262. The van der Waals surface area contributed by atoms with Crippen molar-refractivity contribution < 1.29 is 4.79 Å². The number of carbonyl (C=O) groups is 1. The van der Waals surface area contributed by atoms with Gasteiger partial charge in [0.25, 0.3) is 0 Å². The van der Waals surface area contributed by atoms with Crippen molar-refractivity contribution in [1.82, 2.24) is 10.3 Å². The maximum absolute atomic E-state index is 12.8. The van der Waals surface area contributed by atoms with Crippen molar-refractivity contribution in [2.45, 2.75) is 18.9 Å². The number of nitrogens with one attached hydrogen (secondary N) is 2. The molecule has 0 radical (unpaired) electrons. The van der Waals surface area contributed by atoms with E-state index < -0.39 is 0 Å². The molecule has 0 amide bonds. The van der Waals surface area contributed by atoms with E-state index in [-0.39, 0.29) is 11.8 Å². The van der Waals surface area contributed by atoms with Crippen LogP contribution in [0.1, 0.15) is 22.9 Å². The van der Waals surface area contributed by atoms with Crippen LogP contribution in [0.25, 0.3) is 10.9 Å². The van der Waals surface area contributed by atoms with Gasteiger partial charge in [0.15, 0.2) is 5.78 Å². The fraction of sp³-hybridized carbons (Fsp3) is 0.211. The zero-order valence-electron chi connectivity index (χ0n) is 12.6. The van der Waals surface area contributed by atoms with E-state index >= 15 is 0 Å². The topological polar surface area (TPSA) is 44.9 Å². The van der Waals surface area contributed by atoms with Crippen LogP contribution >= 0.6 is 11.6 Å². The van der Waals surface area contributed by atoms with Crippen molar-refractivity contribution in [1.29, 1.82) is 0 Å². The van der Waals surface area contributed by atoms with Gasteiger partial charge in [0.2, 0.25) is 0 Å². The lowest BCUT2D eigenvalue weighted by Crippen LogP contribution is -2.35. The fourth-order valence-electron chi connectivity index (χ4n) is 3.36. The van der Waals surface area contributed by atoms with Crippen molar-refractivity contribution in [3.05, 3.63) is 70.4 Å². The first-order valence-electron chi connectivity index (χ1n) is 7.82. The van der Waals surface area contributed by atoms with Crippen LogP contribution in [0.15, 0.2) is 48.5 Å². The van der Waals surface area contributed by atoms with Gasteiger partial charge in [-0.15, -0.1) is 0 Å². The monoisotopic (exact) mass is 324 g/mol. The number of Topliss-reactive ketones (excluding diaryl/α,β-unsaturated/α-hetero) is 1. The highest BCUT2D eigenvalue weighted by atomic mass is 35.5. The van der Waals surface area contributed by atoms with Crippen LogP contribution < -0.4 is 5.32 Å². The van der Waals surface area contributed by atoms with E-state index in [1.165, 1.54) is 10.9 Å². The molecule has 23 heavy (non-hydrogen) atoms. The minimum Gasteiger partial charge on any atom is -0.356 e. The molecule has 0 aliphatic carbocycles. The van der Waals surface area contributed by atoms with E-state index in [2.05, 4.69) is 22.4 Å². The van der Waals surface area contributed by atoms with E-state index in [9.17, 15) is 4.79 Å². The number of hydrogen-bond acceptors (Lipinski definition) is 2. The lowest BCUT2D eigenvalue weighted by atomic mass is 9.94. The molecule has 0 bridgehead atoms. The molecule has 3 aromatic rings. The summed E-state index contributed by atoms with van der Waals surface area (Å²) >= 11 is 5.91. The van der Waals surface area contributed by atoms with Crippen LogP contribution in [-0.4, -0.2) is 17.3 Å². The van der Waals surface area contributed by atoms with Gasteiger partial charge < -0.3 is 10.3 Å². The third-order valence-corrected chi connectivity index (χ3v) is 4.72. The van der Waals surface area contributed by atoms with Gasteiger partial charge in [-0.25, -0.2) is 0 Å². The molecule has 0 fully saturated rings. The molecule has 4 heteroatoms. The van der Waals surface area contributed by atoms with E-state index in [4.69, 9.17) is 11.6 Å². The molecular formula is C19H17ClN2O. The molecular weight excluding hydrogens is 308 g/mol. The van der Waals surface area contributed by atoms with Crippen molar-refractivity contribution >= 4 is 28.3 Å². The van der Waals surface area contributed by atoms with Crippen LogP contribution in [-0.2, 0) is 17.6 Å². The Bertz CT molecular complexity index is 867. The molecule has 2 aromatic carbocycles. The van der Waals surface area contributed by atoms with Gasteiger partial charge in [-0.05, 0) is 35.7 Å². The molecule has 0 saturated carbocycles. The van der Waals surface area contributed by atoms with E-state index in [0.717, 1.165) is 29.7 Å². The average Bonchev–Trinajstić information content (AvgIpc) is 2.95. The zero-order chi connectivity index (χ0) is 15.8. The van der Waals surface area contributed by atoms with E-state index in [1.54, 1.807) is 0 Å². The Morgan fingerprint density at radius 2 is 1.91 bits per heavy atom. The lowest BCUT2D eigenvalue weighted by Gasteiger charge is -2.23. The highest BCUT2D eigenvalue weighted by molar-refractivity contribution is 6.30. The van der Waals surface area contributed by atoms with E-state index in [1.807, 2.05) is 36.4 Å². The summed E-state index contributed by atoms with van der Waals surface area (Å²) in [5, 5.41) is 5.28. The Hall–Kier alpha value is -2.10. The summed E-state index contributed by atoms with van der Waals surface area (Å²) in [5.41, 5.74) is 4.39. The van der Waals surface area contributed by atoms with Crippen LogP contribution in [0, 0.1) is 0 Å². The number of aromatic amines is 1. The van der Waals surface area contributed by atoms with Crippen LogP contribution in [0.4, 0.5) is 0 Å². The van der Waals surface area contributed by atoms with Gasteiger partial charge in [-0.2, -0.15) is 0 Å². The molecule has 3 nitrogen and oxygen atoms in total. The van der Waals surface area contributed by atoms with Crippen LogP contribution in [0.2, 0.25) is 5.02 Å². The van der Waals surface area contributed by atoms with Crippen LogP contribution in [0.5, 0.6) is 0 Å². The molecule has 1 atom stereocenters. The summed E-state index contributed by atoms with van der Waals surface area (Å²) in [7, 11) is 0. The number of benzene rings is 2. The maximum atomic E-state index is 12.8. The summed E-state index contributed by atoms with van der Waals surface area (Å²) in [6, 6.07) is 15.5. The van der Waals surface area contributed by atoms with Gasteiger partial charge >= 0.3 is 0 Å². The Balaban J connectivity index is 1.65. The highest BCUT2D eigenvalue weighted by Crippen LogP contribution is 2.30. The zero-order valence-corrected chi connectivity index (χ0v) is 13.4. The summed E-state index contributed by atoms with van der Waals surface area (Å²) in [5.74, 6) is 0.180. The predicted molar refractivity (Wildman–Crippen MR) is 92.9 cm³/mol. The first-order valence-corrected chi connectivity index (χ1v) is 8.20. The number of para-hydroxylation sites is 1. The molecule has 0 spiro atoms. The fourth-order valence-corrected chi connectivity index (χ4v) is 3.49. The third-order valence-electron chi connectivity index (χ3n) is 4.47. The van der Waals surface area contributed by atoms with Gasteiger partial charge in [0.05, 0.1) is 0 Å². The van der Waals surface area contributed by atoms with Gasteiger partial charge in [0.1, 0.15) is 6.04 Å². The minimum absolute atomic E-state index is 0.180. The van der Waals surface area contributed by atoms with Crippen molar-refractivity contribution in [3.63, 3.8) is 0 Å². The largest absolute Gasteiger partial charge is 0.356 e. The van der Waals surface area contributed by atoms with Crippen molar-refractivity contribution in [3.8, 4) is 0 Å². The van der Waals surface area contributed by atoms with Gasteiger partial charge in [-0.3, -0.25) is 4.79 Å². The number of aromatic nitrogens is 1. The number of fused-ring (bicyclic) bond motifs is 3. The van der Waals surface area contributed by atoms with E-state index in [0.29, 0.717) is 11.4 Å². The number of halogens is 1. The lowest BCUT2D eigenvalue weighted by molar-refractivity contribution is -0.120. The molecule has 4 rings (SSSR count). The summed E-state index contributed by atoms with van der Waals surface area (Å²) in [6.45, 7) is 0.825. The van der Waals surface area contributed by atoms with Gasteiger partial charge in [-0.1, -0.05) is 41.9 Å². The number of hydrogen-bond donors (Lipinski definition) is 2. The second kappa shape index (κ2) is 5.84. The Labute approximate surface area is 139 Å². The predicted octanol–water partition coefficient (Wildman–Crippen LogP) is 3.82. The molecule has 0 saturated heterocycles. The Kier molecular flexibility index (Phi) is 3.68. The second-order valence-electron chi connectivity index (χ2n) is 5.97. The summed E-state index contributed by atoms with van der Waals surface area (Å²) in [4.78, 5) is 16.2. The molecule has 116 valence electrons. The smallest absolute Gasteiger partial charge is 0.160 e. The number of ketones is 1. The summed E-state index contributed by atoms with van der Waals surface area (Å²) in [6.07, 6.45) is 1.35. The molecule has 1 unspecified atom stereocenters. The van der Waals surface area contributed by atoms with Crippen LogP contribution in [0.3, 0.4) is 0 Å². The quantitative estimate of drug-likeness (QED) is 0.769. The van der Waals surface area contributed by atoms with Gasteiger partial charge in [0, 0.05) is 34.6 Å². The Morgan fingerprint density at radius 1 is 1.13 bits per heavy atom. The third kappa shape index (κ3) is 2.67. The average molecular weight is 325 g/mol. The van der Waals surface area contributed by atoms with Crippen molar-refractivity contribution in [2.24, 2.45) is 0 Å². The number of carbonyl (C=O) groups excluding carboxylic acids is 1. The first kappa shape index (κ1) is 14.5. The molecule has 1 aliphatic rings. The van der Waals surface area contributed by atoms with Crippen molar-refractivity contribution in [2.75, 3.05) is 6.54 Å².